The summed E-state index contributed by atoms with van der Waals surface area (Å²) in [4.78, 5) is 11.9. The molecule has 0 unspecified atom stereocenters. The van der Waals surface area contributed by atoms with Crippen molar-refractivity contribution in [2.75, 3.05) is 12.4 Å². The van der Waals surface area contributed by atoms with Crippen molar-refractivity contribution < 1.29 is 18.3 Å². The molecule has 20 heavy (non-hydrogen) atoms. The van der Waals surface area contributed by atoms with E-state index in [9.17, 15) is 13.6 Å². The molecule has 0 aliphatic rings. The summed E-state index contributed by atoms with van der Waals surface area (Å²) in [5.41, 5.74) is 0.856. The monoisotopic (exact) mass is 277 g/mol. The molecule has 0 aromatic heterocycles. The van der Waals surface area contributed by atoms with Crippen molar-refractivity contribution in [3.63, 3.8) is 0 Å². The maximum absolute atomic E-state index is 13.6. The largest absolute Gasteiger partial charge is 0.494 e. The van der Waals surface area contributed by atoms with Crippen LogP contribution in [0.5, 0.6) is 5.75 Å². The van der Waals surface area contributed by atoms with E-state index < -0.39 is 17.5 Å². The maximum Gasteiger partial charge on any atom is 0.258 e. The van der Waals surface area contributed by atoms with Crippen molar-refractivity contribution >= 4 is 11.6 Å². The van der Waals surface area contributed by atoms with Gasteiger partial charge in [0, 0.05) is 11.8 Å². The molecular formula is C15H13F2NO2. The van der Waals surface area contributed by atoms with Gasteiger partial charge in [-0.3, -0.25) is 4.79 Å². The Labute approximate surface area is 115 Å². The SMILES string of the molecule is COc1ccc(NC(=O)c2ccc(C)cc2F)cc1F. The number of anilines is 1. The number of carbonyl (C=O) groups is 1. The number of benzene rings is 2. The molecule has 104 valence electrons. The number of rotatable bonds is 3. The quantitative estimate of drug-likeness (QED) is 0.932. The lowest BCUT2D eigenvalue weighted by Gasteiger charge is -2.08. The van der Waals surface area contributed by atoms with Gasteiger partial charge in [-0.2, -0.15) is 0 Å². The Morgan fingerprint density at radius 1 is 1.10 bits per heavy atom. The Morgan fingerprint density at radius 3 is 2.45 bits per heavy atom. The fourth-order valence-electron chi connectivity index (χ4n) is 1.75. The van der Waals surface area contributed by atoms with Crippen LogP contribution in [0.4, 0.5) is 14.5 Å². The fourth-order valence-corrected chi connectivity index (χ4v) is 1.75. The number of ether oxygens (including phenoxy) is 1. The third kappa shape index (κ3) is 2.93. The Kier molecular flexibility index (Phi) is 3.98. The molecule has 0 aliphatic carbocycles. The molecular weight excluding hydrogens is 264 g/mol. The number of halogens is 2. The number of hydrogen-bond donors (Lipinski definition) is 1. The Hall–Kier alpha value is -2.43. The smallest absolute Gasteiger partial charge is 0.258 e. The molecule has 1 amide bonds. The number of aryl methyl sites for hydroxylation is 1. The predicted molar refractivity (Wildman–Crippen MR) is 72.0 cm³/mol. The van der Waals surface area contributed by atoms with Crippen molar-refractivity contribution in [2.45, 2.75) is 6.92 Å². The molecule has 0 atom stereocenters. The van der Waals surface area contributed by atoms with Crippen LogP contribution in [-0.4, -0.2) is 13.0 Å². The lowest BCUT2D eigenvalue weighted by molar-refractivity contribution is 0.102. The zero-order chi connectivity index (χ0) is 14.7. The first-order chi connectivity index (χ1) is 9.51. The van der Waals surface area contributed by atoms with Crippen LogP contribution in [0.15, 0.2) is 36.4 Å². The predicted octanol–water partition coefficient (Wildman–Crippen LogP) is 3.53. The summed E-state index contributed by atoms with van der Waals surface area (Å²) < 4.78 is 31.9. The van der Waals surface area contributed by atoms with Gasteiger partial charge >= 0.3 is 0 Å². The first-order valence-electron chi connectivity index (χ1n) is 5.92. The minimum absolute atomic E-state index is 0.0736. The van der Waals surface area contributed by atoms with Gasteiger partial charge in [-0.1, -0.05) is 6.07 Å². The lowest BCUT2D eigenvalue weighted by Crippen LogP contribution is -2.14. The van der Waals surface area contributed by atoms with Gasteiger partial charge < -0.3 is 10.1 Å². The normalized spacial score (nSPS) is 10.2. The molecule has 0 aliphatic heterocycles. The minimum atomic E-state index is -0.632. The summed E-state index contributed by atoms with van der Waals surface area (Å²) in [5, 5.41) is 2.44. The second-order valence-electron chi connectivity index (χ2n) is 4.29. The van der Waals surface area contributed by atoms with Crippen LogP contribution < -0.4 is 10.1 Å². The van der Waals surface area contributed by atoms with Gasteiger partial charge in [-0.25, -0.2) is 8.78 Å². The van der Waals surface area contributed by atoms with E-state index >= 15 is 0 Å². The summed E-state index contributed by atoms with van der Waals surface area (Å²) in [6, 6.07) is 8.27. The highest BCUT2D eigenvalue weighted by Crippen LogP contribution is 2.21. The van der Waals surface area contributed by atoms with E-state index in [0.29, 0.717) is 0 Å². The minimum Gasteiger partial charge on any atom is -0.494 e. The van der Waals surface area contributed by atoms with Crippen molar-refractivity contribution in [3.05, 3.63) is 59.2 Å². The van der Waals surface area contributed by atoms with E-state index in [4.69, 9.17) is 4.74 Å². The van der Waals surface area contributed by atoms with Crippen LogP contribution in [-0.2, 0) is 0 Å². The molecule has 5 heteroatoms. The molecule has 0 bridgehead atoms. The van der Waals surface area contributed by atoms with Gasteiger partial charge in [0.25, 0.3) is 5.91 Å². The van der Waals surface area contributed by atoms with E-state index in [1.165, 1.54) is 31.4 Å². The Bertz CT molecular complexity index is 656. The molecule has 0 spiro atoms. The molecule has 3 nitrogen and oxygen atoms in total. The van der Waals surface area contributed by atoms with Crippen molar-refractivity contribution in [1.29, 1.82) is 0 Å². The average molecular weight is 277 g/mol. The highest BCUT2D eigenvalue weighted by molar-refractivity contribution is 6.04. The zero-order valence-electron chi connectivity index (χ0n) is 11.0. The van der Waals surface area contributed by atoms with Crippen LogP contribution in [0.1, 0.15) is 15.9 Å². The zero-order valence-corrected chi connectivity index (χ0v) is 11.0. The summed E-state index contributed by atoms with van der Waals surface area (Å²) in [7, 11) is 1.35. The van der Waals surface area contributed by atoms with E-state index in [1.807, 2.05) is 0 Å². The summed E-state index contributed by atoms with van der Waals surface area (Å²) >= 11 is 0. The number of carbonyl (C=O) groups excluding carboxylic acids is 1. The first kappa shape index (κ1) is 14.0. The van der Waals surface area contributed by atoms with E-state index in [1.54, 1.807) is 13.0 Å². The molecule has 0 fully saturated rings. The van der Waals surface area contributed by atoms with E-state index in [2.05, 4.69) is 5.32 Å². The van der Waals surface area contributed by atoms with Gasteiger partial charge in [0.05, 0.1) is 12.7 Å². The Morgan fingerprint density at radius 2 is 1.85 bits per heavy atom. The molecule has 0 saturated heterocycles. The van der Waals surface area contributed by atoms with Gasteiger partial charge in [-0.05, 0) is 36.8 Å². The van der Waals surface area contributed by atoms with Crippen molar-refractivity contribution in [3.8, 4) is 5.75 Å². The van der Waals surface area contributed by atoms with E-state index in [0.717, 1.165) is 11.6 Å². The number of methoxy groups -OCH3 is 1. The second-order valence-corrected chi connectivity index (χ2v) is 4.29. The number of hydrogen-bond acceptors (Lipinski definition) is 2. The van der Waals surface area contributed by atoms with Crippen LogP contribution in [0.25, 0.3) is 0 Å². The number of amides is 1. The van der Waals surface area contributed by atoms with Crippen LogP contribution in [0, 0.1) is 18.6 Å². The highest BCUT2D eigenvalue weighted by atomic mass is 19.1. The molecule has 2 aromatic carbocycles. The summed E-state index contributed by atoms with van der Waals surface area (Å²) in [5.74, 6) is -1.78. The topological polar surface area (TPSA) is 38.3 Å². The van der Waals surface area contributed by atoms with Gasteiger partial charge in [0.15, 0.2) is 11.6 Å². The third-order valence-corrected chi connectivity index (χ3v) is 2.78. The third-order valence-electron chi connectivity index (χ3n) is 2.78. The van der Waals surface area contributed by atoms with Crippen LogP contribution in [0.2, 0.25) is 0 Å². The van der Waals surface area contributed by atoms with Crippen molar-refractivity contribution in [1.82, 2.24) is 0 Å². The maximum atomic E-state index is 13.6. The molecule has 2 aromatic rings. The van der Waals surface area contributed by atoms with Crippen molar-refractivity contribution in [2.24, 2.45) is 0 Å². The fraction of sp³-hybridized carbons (Fsp3) is 0.133. The lowest BCUT2D eigenvalue weighted by atomic mass is 10.1. The van der Waals surface area contributed by atoms with E-state index in [-0.39, 0.29) is 17.0 Å². The molecule has 0 radical (unpaired) electrons. The standard InChI is InChI=1S/C15H13F2NO2/c1-9-3-5-11(12(16)7-9)15(19)18-10-4-6-14(20-2)13(17)8-10/h3-8H,1-2H3,(H,18,19). The molecule has 2 rings (SSSR count). The highest BCUT2D eigenvalue weighted by Gasteiger charge is 2.13. The second kappa shape index (κ2) is 5.69. The van der Waals surface area contributed by atoms with Crippen LogP contribution in [0.3, 0.4) is 0 Å². The summed E-state index contributed by atoms with van der Waals surface area (Å²) in [6.07, 6.45) is 0. The summed E-state index contributed by atoms with van der Waals surface area (Å²) in [6.45, 7) is 1.73. The van der Waals surface area contributed by atoms with Gasteiger partial charge in [0.1, 0.15) is 5.82 Å². The number of nitrogens with one attached hydrogen (secondary N) is 1. The Balaban J connectivity index is 2.21. The van der Waals surface area contributed by atoms with Gasteiger partial charge in [0.2, 0.25) is 0 Å². The van der Waals surface area contributed by atoms with Crippen LogP contribution >= 0.6 is 0 Å². The molecule has 1 N–H and O–H groups in total. The first-order valence-corrected chi connectivity index (χ1v) is 5.92. The molecule has 0 saturated carbocycles. The molecule has 0 heterocycles. The van der Waals surface area contributed by atoms with Gasteiger partial charge in [-0.15, -0.1) is 0 Å². The average Bonchev–Trinajstić information content (AvgIpc) is 2.38.